The number of nitrogen functional groups attached to an aromatic ring is 1. The van der Waals surface area contributed by atoms with Crippen LogP contribution in [0, 0.1) is 0 Å². The normalized spacial score (nSPS) is 11.6. The van der Waals surface area contributed by atoms with Crippen molar-refractivity contribution in [3.63, 3.8) is 0 Å². The minimum absolute atomic E-state index is 0.687. The van der Waals surface area contributed by atoms with Crippen LogP contribution in [-0.4, -0.2) is 13.0 Å². The Morgan fingerprint density at radius 2 is 1.36 bits per heavy atom. The first kappa shape index (κ1) is 17.8. The Labute approximate surface area is 155 Å². The summed E-state index contributed by atoms with van der Waals surface area (Å²) in [5, 5.41) is 0. The van der Waals surface area contributed by atoms with Crippen molar-refractivity contribution in [1.82, 2.24) is 0 Å². The minimum atomic E-state index is -4.42. The summed E-state index contributed by atoms with van der Waals surface area (Å²) in [4.78, 5) is 0. The number of hydrogen-bond acceptors (Lipinski definition) is 4. The molecule has 3 rings (SSSR count). The number of hydrogen-bond donors (Lipinski definition) is 2. The summed E-state index contributed by atoms with van der Waals surface area (Å²) in [6, 6.07) is 23.0. The molecule has 3 aromatic rings. The third kappa shape index (κ3) is 4.54. The molecule has 0 radical (unpaired) electrons. The molecule has 0 atom stereocenters. The SMILES string of the molecule is Nc1ccccc1-c1ccccc1-c1cc[c]([Pd][O]S(=O)(=O)O)cc1. The molecule has 0 aliphatic rings. The number of rotatable bonds is 5. The molecular formula is C18H15NO4PdS. The van der Waals surface area contributed by atoms with Crippen LogP contribution in [-0.2, 0) is 31.7 Å². The van der Waals surface area contributed by atoms with E-state index in [1.54, 1.807) is 12.1 Å². The molecule has 0 aliphatic carbocycles. The van der Waals surface area contributed by atoms with Crippen molar-refractivity contribution in [3.8, 4) is 22.3 Å². The van der Waals surface area contributed by atoms with E-state index < -0.39 is 28.8 Å². The summed E-state index contributed by atoms with van der Waals surface area (Å²) >= 11 is -0.691. The molecule has 132 valence electrons. The molecule has 0 spiro atoms. The van der Waals surface area contributed by atoms with Crippen LogP contribution in [0.1, 0.15) is 0 Å². The zero-order valence-electron chi connectivity index (χ0n) is 12.9. The molecule has 0 bridgehead atoms. The van der Waals surface area contributed by atoms with Crippen LogP contribution in [0.3, 0.4) is 0 Å². The molecule has 25 heavy (non-hydrogen) atoms. The van der Waals surface area contributed by atoms with Crippen molar-refractivity contribution in [2.45, 2.75) is 0 Å². The van der Waals surface area contributed by atoms with Gasteiger partial charge in [0.15, 0.2) is 0 Å². The van der Waals surface area contributed by atoms with Crippen molar-refractivity contribution >= 4 is 20.1 Å². The van der Waals surface area contributed by atoms with Crippen molar-refractivity contribution in [2.24, 2.45) is 0 Å². The molecule has 0 unspecified atom stereocenters. The van der Waals surface area contributed by atoms with E-state index >= 15 is 0 Å². The second-order valence-corrected chi connectivity index (χ2v) is 8.10. The van der Waals surface area contributed by atoms with Gasteiger partial charge in [0.25, 0.3) is 0 Å². The van der Waals surface area contributed by atoms with E-state index in [0.717, 1.165) is 22.3 Å². The van der Waals surface area contributed by atoms with E-state index in [-0.39, 0.29) is 0 Å². The fourth-order valence-electron chi connectivity index (χ4n) is 2.44. The summed E-state index contributed by atoms with van der Waals surface area (Å²) in [6.45, 7) is 0. The Bertz CT molecular complexity index is 988. The maximum atomic E-state index is 10.7. The van der Waals surface area contributed by atoms with Gasteiger partial charge in [-0.3, -0.25) is 0 Å². The molecule has 0 aliphatic heterocycles. The zero-order valence-corrected chi connectivity index (χ0v) is 15.3. The van der Waals surface area contributed by atoms with E-state index in [1.807, 2.05) is 60.7 Å². The van der Waals surface area contributed by atoms with Gasteiger partial charge in [0.2, 0.25) is 0 Å². The molecule has 0 saturated carbocycles. The van der Waals surface area contributed by atoms with Crippen LogP contribution < -0.4 is 9.77 Å². The summed E-state index contributed by atoms with van der Waals surface area (Å²) in [6.07, 6.45) is 0. The molecule has 3 aromatic carbocycles. The van der Waals surface area contributed by atoms with E-state index in [0.29, 0.717) is 9.72 Å². The van der Waals surface area contributed by atoms with Gasteiger partial charge in [-0.2, -0.15) is 0 Å². The van der Waals surface area contributed by atoms with Crippen LogP contribution in [0.2, 0.25) is 0 Å². The Kier molecular flexibility index (Phi) is 5.33. The first-order chi connectivity index (χ1) is 11.9. The number of anilines is 1. The van der Waals surface area contributed by atoms with Crippen LogP contribution in [0.25, 0.3) is 22.3 Å². The van der Waals surface area contributed by atoms with E-state index in [9.17, 15) is 8.42 Å². The first-order valence-corrected chi connectivity index (χ1v) is 10.0. The Balaban J connectivity index is 1.94. The summed E-state index contributed by atoms with van der Waals surface area (Å²) in [5.41, 5.74) is 10.8. The van der Waals surface area contributed by atoms with Crippen LogP contribution in [0.5, 0.6) is 0 Å². The fourth-order valence-corrected chi connectivity index (χ4v) is 3.98. The van der Waals surface area contributed by atoms with Crippen LogP contribution in [0.15, 0.2) is 72.8 Å². The molecule has 0 saturated heterocycles. The van der Waals surface area contributed by atoms with E-state index in [1.165, 1.54) is 0 Å². The van der Waals surface area contributed by atoms with Gasteiger partial charge < -0.3 is 0 Å². The standard InChI is InChI=1S/C18H14N.H2O4S.Pd/c19-18-13-7-6-12-17(18)16-11-5-4-10-15(16)14-8-2-1-3-9-14;1-5(2,3)4;/h2-13H,19H2;(H2,1,2,3,4);/q;;+1/p-1. The molecule has 5 nitrogen and oxygen atoms in total. The second-order valence-electron chi connectivity index (χ2n) is 5.15. The summed E-state index contributed by atoms with van der Waals surface area (Å²) < 4.78 is 35.1. The monoisotopic (exact) mass is 447 g/mol. The van der Waals surface area contributed by atoms with Crippen molar-refractivity contribution in [1.29, 1.82) is 0 Å². The van der Waals surface area contributed by atoms with Crippen LogP contribution in [0.4, 0.5) is 5.69 Å². The third-order valence-electron chi connectivity index (χ3n) is 3.48. The molecule has 0 aromatic heterocycles. The molecular weight excluding hydrogens is 433 g/mol. The number of para-hydroxylation sites is 1. The quantitative estimate of drug-likeness (QED) is 0.356. The van der Waals surface area contributed by atoms with E-state index in [2.05, 4.69) is 2.91 Å². The molecule has 0 fully saturated rings. The number of benzene rings is 3. The molecule has 3 N–H and O–H groups in total. The summed E-state index contributed by atoms with van der Waals surface area (Å²) in [7, 11) is -4.42. The topological polar surface area (TPSA) is 89.6 Å². The van der Waals surface area contributed by atoms with Gasteiger partial charge in [0, 0.05) is 0 Å². The average Bonchev–Trinajstić information content (AvgIpc) is 2.60. The first-order valence-electron chi connectivity index (χ1n) is 7.23. The third-order valence-corrected chi connectivity index (χ3v) is 5.92. The predicted molar refractivity (Wildman–Crippen MR) is 94.0 cm³/mol. The summed E-state index contributed by atoms with van der Waals surface area (Å²) in [5.74, 6) is 0. The van der Waals surface area contributed by atoms with Gasteiger partial charge >= 0.3 is 155 Å². The Morgan fingerprint density at radius 3 is 1.96 bits per heavy atom. The molecule has 7 heteroatoms. The molecule has 0 amide bonds. The van der Waals surface area contributed by atoms with Crippen molar-refractivity contribution in [3.05, 3.63) is 72.8 Å². The zero-order chi connectivity index (χ0) is 17.9. The van der Waals surface area contributed by atoms with Crippen LogP contribution >= 0.6 is 0 Å². The predicted octanol–water partition coefficient (Wildman–Crippen LogP) is 3.05. The van der Waals surface area contributed by atoms with E-state index in [4.69, 9.17) is 10.3 Å². The fraction of sp³-hybridized carbons (Fsp3) is 0. The average molecular weight is 448 g/mol. The van der Waals surface area contributed by atoms with Gasteiger partial charge in [0.05, 0.1) is 0 Å². The maximum absolute atomic E-state index is 10.7. The van der Waals surface area contributed by atoms with Crippen molar-refractivity contribution < 1.29 is 34.2 Å². The van der Waals surface area contributed by atoms with Gasteiger partial charge in [-0.1, -0.05) is 0 Å². The van der Waals surface area contributed by atoms with Crippen molar-refractivity contribution in [2.75, 3.05) is 5.73 Å². The van der Waals surface area contributed by atoms with Gasteiger partial charge in [0.1, 0.15) is 0 Å². The van der Waals surface area contributed by atoms with Gasteiger partial charge in [-0.25, -0.2) is 0 Å². The number of nitrogens with two attached hydrogens (primary N) is 1. The van der Waals surface area contributed by atoms with Gasteiger partial charge in [-0.05, 0) is 0 Å². The Morgan fingerprint density at radius 1 is 0.800 bits per heavy atom. The Hall–Kier alpha value is -2.01. The second kappa shape index (κ2) is 7.48. The van der Waals surface area contributed by atoms with Gasteiger partial charge in [-0.15, -0.1) is 0 Å². The molecule has 0 heterocycles.